The average molecular weight is 205 g/mol. The van der Waals surface area contributed by atoms with E-state index in [0.29, 0.717) is 6.29 Å². The van der Waals surface area contributed by atoms with E-state index < -0.39 is 24.4 Å². The van der Waals surface area contributed by atoms with E-state index >= 15 is 0 Å². The molecule has 0 bridgehead atoms. The minimum absolute atomic E-state index is 0.0716. The first-order valence-electron chi connectivity index (χ1n) is 4.46. The molecule has 6 nitrogen and oxygen atoms in total. The highest BCUT2D eigenvalue weighted by molar-refractivity contribution is 5.59. The summed E-state index contributed by atoms with van der Waals surface area (Å²) < 4.78 is 0. The number of likely N-dealkylation sites (tertiary alicyclic amines) is 1. The Labute approximate surface area is 81.4 Å². The first-order valence-corrected chi connectivity index (χ1v) is 4.46. The molecular formula is C8H15NO5. The van der Waals surface area contributed by atoms with Gasteiger partial charge in [0.05, 0.1) is 18.8 Å². The van der Waals surface area contributed by atoms with Gasteiger partial charge in [0.25, 0.3) is 0 Å². The Hall–Kier alpha value is -0.530. The van der Waals surface area contributed by atoms with Crippen molar-refractivity contribution in [1.82, 2.24) is 4.90 Å². The lowest BCUT2D eigenvalue weighted by Gasteiger charge is -2.40. The smallest absolute Gasteiger partial charge is 0.139 e. The molecule has 82 valence electrons. The summed E-state index contributed by atoms with van der Waals surface area (Å²) in [5, 5.41) is 36.7. The molecule has 4 unspecified atom stereocenters. The molecule has 0 aliphatic carbocycles. The minimum atomic E-state index is -1.31. The molecule has 6 heteroatoms. The van der Waals surface area contributed by atoms with Crippen molar-refractivity contribution in [1.29, 1.82) is 0 Å². The number of aliphatic hydroxyl groups is 4. The van der Waals surface area contributed by atoms with Crippen LogP contribution in [0.2, 0.25) is 0 Å². The van der Waals surface area contributed by atoms with Gasteiger partial charge in [0.15, 0.2) is 0 Å². The molecule has 4 atom stereocenters. The van der Waals surface area contributed by atoms with E-state index in [4.69, 9.17) is 5.11 Å². The van der Waals surface area contributed by atoms with Crippen LogP contribution in [0.4, 0.5) is 0 Å². The van der Waals surface area contributed by atoms with Crippen LogP contribution in [0.5, 0.6) is 0 Å². The van der Waals surface area contributed by atoms with Crippen molar-refractivity contribution in [2.75, 3.05) is 19.7 Å². The molecule has 1 rings (SSSR count). The Bertz CT molecular complexity index is 200. The Kier molecular flexibility index (Phi) is 3.97. The first kappa shape index (κ1) is 11.5. The molecule has 1 heterocycles. The van der Waals surface area contributed by atoms with Crippen molar-refractivity contribution >= 4 is 6.29 Å². The number of piperidine rings is 1. The summed E-state index contributed by atoms with van der Waals surface area (Å²) in [6, 6.07) is -0.861. The SMILES string of the molecule is O=CC1C(O)C(O)C(O)CN1CCO. The molecule has 0 aromatic rings. The zero-order valence-electron chi connectivity index (χ0n) is 7.65. The third-order valence-electron chi connectivity index (χ3n) is 2.46. The van der Waals surface area contributed by atoms with Crippen molar-refractivity contribution in [3.8, 4) is 0 Å². The number of rotatable bonds is 3. The predicted octanol–water partition coefficient (Wildman–Crippen LogP) is -3.06. The molecule has 1 fully saturated rings. The Balaban J connectivity index is 2.71. The van der Waals surface area contributed by atoms with Crippen LogP contribution in [0, 0.1) is 0 Å². The van der Waals surface area contributed by atoms with Crippen molar-refractivity contribution < 1.29 is 25.2 Å². The summed E-state index contributed by atoms with van der Waals surface area (Å²) in [5.41, 5.74) is 0. The molecule has 0 aromatic carbocycles. The van der Waals surface area contributed by atoms with Crippen LogP contribution in [0.1, 0.15) is 0 Å². The maximum Gasteiger partial charge on any atom is 0.139 e. The van der Waals surface area contributed by atoms with Crippen LogP contribution in [-0.2, 0) is 4.79 Å². The summed E-state index contributed by atoms with van der Waals surface area (Å²) >= 11 is 0. The second-order valence-electron chi connectivity index (χ2n) is 3.39. The number of β-amino-alcohol motifs (C(OH)–C–C–N with tert-alkyl or cyclic N) is 2. The third-order valence-corrected chi connectivity index (χ3v) is 2.46. The summed E-state index contributed by atoms with van der Waals surface area (Å²) in [4.78, 5) is 12.1. The van der Waals surface area contributed by atoms with E-state index in [2.05, 4.69) is 0 Å². The number of aliphatic hydroxyl groups excluding tert-OH is 4. The molecule has 1 aliphatic heterocycles. The number of carbonyl (C=O) groups is 1. The van der Waals surface area contributed by atoms with E-state index in [1.54, 1.807) is 0 Å². The van der Waals surface area contributed by atoms with Gasteiger partial charge in [0.1, 0.15) is 18.5 Å². The van der Waals surface area contributed by atoms with Crippen molar-refractivity contribution in [3.05, 3.63) is 0 Å². The quantitative estimate of drug-likeness (QED) is 0.365. The van der Waals surface area contributed by atoms with Crippen LogP contribution in [0.3, 0.4) is 0 Å². The standard InChI is InChI=1S/C8H15NO5/c10-2-1-9-3-6(12)8(14)7(13)5(9)4-11/h4-8,10,12-14H,1-3H2. The van der Waals surface area contributed by atoms with Crippen molar-refractivity contribution in [2.24, 2.45) is 0 Å². The highest BCUT2D eigenvalue weighted by atomic mass is 16.4. The molecular weight excluding hydrogens is 190 g/mol. The van der Waals surface area contributed by atoms with Crippen LogP contribution in [0.25, 0.3) is 0 Å². The highest BCUT2D eigenvalue weighted by Crippen LogP contribution is 2.17. The number of carbonyl (C=O) groups excluding carboxylic acids is 1. The lowest BCUT2D eigenvalue weighted by Crippen LogP contribution is -2.62. The predicted molar refractivity (Wildman–Crippen MR) is 46.5 cm³/mol. The monoisotopic (exact) mass is 205 g/mol. The molecule has 0 spiro atoms. The number of aldehydes is 1. The maximum absolute atomic E-state index is 10.6. The average Bonchev–Trinajstić information content (AvgIpc) is 2.16. The lowest BCUT2D eigenvalue weighted by atomic mass is 9.95. The molecule has 14 heavy (non-hydrogen) atoms. The largest absolute Gasteiger partial charge is 0.395 e. The first-order chi connectivity index (χ1) is 6.61. The van der Waals surface area contributed by atoms with E-state index in [9.17, 15) is 20.1 Å². The van der Waals surface area contributed by atoms with Gasteiger partial charge < -0.3 is 25.2 Å². The summed E-state index contributed by atoms with van der Waals surface area (Å²) in [7, 11) is 0. The minimum Gasteiger partial charge on any atom is -0.395 e. The van der Waals surface area contributed by atoms with Gasteiger partial charge in [-0.3, -0.25) is 4.90 Å². The molecule has 1 aliphatic rings. The zero-order valence-corrected chi connectivity index (χ0v) is 7.65. The van der Waals surface area contributed by atoms with Gasteiger partial charge in [0.2, 0.25) is 0 Å². The third kappa shape index (κ3) is 2.10. The van der Waals surface area contributed by atoms with Gasteiger partial charge in [-0.15, -0.1) is 0 Å². The molecule has 0 saturated carbocycles. The van der Waals surface area contributed by atoms with Gasteiger partial charge in [-0.2, -0.15) is 0 Å². The van der Waals surface area contributed by atoms with Crippen LogP contribution in [0.15, 0.2) is 0 Å². The summed E-state index contributed by atoms with van der Waals surface area (Å²) in [5.74, 6) is 0. The summed E-state index contributed by atoms with van der Waals surface area (Å²) in [6.07, 6.45) is -3.19. The second-order valence-corrected chi connectivity index (χ2v) is 3.39. The lowest BCUT2D eigenvalue weighted by molar-refractivity contribution is -0.148. The van der Waals surface area contributed by atoms with Gasteiger partial charge in [-0.05, 0) is 0 Å². The Morgan fingerprint density at radius 2 is 1.93 bits per heavy atom. The van der Waals surface area contributed by atoms with Crippen LogP contribution < -0.4 is 0 Å². The fourth-order valence-electron chi connectivity index (χ4n) is 1.65. The molecule has 4 N–H and O–H groups in total. The second kappa shape index (κ2) is 4.81. The normalized spacial score (nSPS) is 39.7. The Morgan fingerprint density at radius 3 is 2.43 bits per heavy atom. The number of hydrogen-bond acceptors (Lipinski definition) is 6. The highest BCUT2D eigenvalue weighted by Gasteiger charge is 2.40. The van der Waals surface area contributed by atoms with E-state index in [-0.39, 0.29) is 19.7 Å². The molecule has 0 amide bonds. The summed E-state index contributed by atoms with van der Waals surface area (Å²) in [6.45, 7) is 0.0896. The van der Waals surface area contributed by atoms with Crippen LogP contribution in [-0.4, -0.2) is 75.7 Å². The zero-order chi connectivity index (χ0) is 10.7. The molecule has 0 aromatic heterocycles. The van der Waals surface area contributed by atoms with Gasteiger partial charge in [-0.25, -0.2) is 0 Å². The van der Waals surface area contributed by atoms with Gasteiger partial charge in [-0.1, -0.05) is 0 Å². The van der Waals surface area contributed by atoms with Gasteiger partial charge in [0, 0.05) is 13.1 Å². The van der Waals surface area contributed by atoms with E-state index in [1.807, 2.05) is 0 Å². The maximum atomic E-state index is 10.6. The number of hydrogen-bond donors (Lipinski definition) is 4. The van der Waals surface area contributed by atoms with Crippen LogP contribution >= 0.6 is 0 Å². The number of nitrogens with zero attached hydrogens (tertiary/aromatic N) is 1. The van der Waals surface area contributed by atoms with E-state index in [1.165, 1.54) is 4.90 Å². The fraction of sp³-hybridized carbons (Fsp3) is 0.875. The van der Waals surface area contributed by atoms with E-state index in [0.717, 1.165) is 0 Å². The van der Waals surface area contributed by atoms with Crippen molar-refractivity contribution in [3.63, 3.8) is 0 Å². The molecule has 1 saturated heterocycles. The van der Waals surface area contributed by atoms with Crippen molar-refractivity contribution in [2.45, 2.75) is 24.4 Å². The Morgan fingerprint density at radius 1 is 1.29 bits per heavy atom. The topological polar surface area (TPSA) is 101 Å². The fourth-order valence-corrected chi connectivity index (χ4v) is 1.65. The molecule has 0 radical (unpaired) electrons. The van der Waals surface area contributed by atoms with Gasteiger partial charge >= 0.3 is 0 Å².